The first kappa shape index (κ1) is 14.1. The van der Waals surface area contributed by atoms with Gasteiger partial charge in [-0.25, -0.2) is 13.6 Å². The molecule has 0 aliphatic rings. The summed E-state index contributed by atoms with van der Waals surface area (Å²) in [4.78, 5) is 22.1. The maximum Gasteiger partial charge on any atom is 0.341 e. The molecular weight excluding hydrogens is 244 g/mol. The lowest BCUT2D eigenvalue weighted by atomic mass is 10.1. The number of carbonyl (C=O) groups excluding carboxylic acids is 1. The van der Waals surface area contributed by atoms with E-state index in [0.29, 0.717) is 6.42 Å². The van der Waals surface area contributed by atoms with Crippen LogP contribution in [0.5, 0.6) is 0 Å². The van der Waals surface area contributed by atoms with E-state index in [2.05, 4.69) is 5.32 Å². The summed E-state index contributed by atoms with van der Waals surface area (Å²) < 4.78 is 26.6. The highest BCUT2D eigenvalue weighted by Gasteiger charge is 2.19. The number of nitrogens with one attached hydrogen (secondary N) is 1. The van der Waals surface area contributed by atoms with E-state index >= 15 is 0 Å². The van der Waals surface area contributed by atoms with Gasteiger partial charge in [-0.2, -0.15) is 0 Å². The highest BCUT2D eigenvalue weighted by atomic mass is 19.1. The van der Waals surface area contributed by atoms with Crippen LogP contribution < -0.4 is 5.32 Å². The van der Waals surface area contributed by atoms with Crippen LogP contribution in [-0.2, 0) is 4.79 Å². The van der Waals surface area contributed by atoms with Crippen molar-refractivity contribution in [1.29, 1.82) is 0 Å². The number of halogens is 2. The zero-order valence-electron chi connectivity index (χ0n) is 9.96. The summed E-state index contributed by atoms with van der Waals surface area (Å²) in [6.45, 7) is 3.48. The topological polar surface area (TPSA) is 66.4 Å². The molecule has 0 aliphatic carbocycles. The van der Waals surface area contributed by atoms with E-state index in [1.807, 2.05) is 0 Å². The molecule has 1 atom stereocenters. The summed E-state index contributed by atoms with van der Waals surface area (Å²) in [5.74, 6) is -4.80. The molecule has 1 aromatic carbocycles. The molecule has 98 valence electrons. The highest BCUT2D eigenvalue weighted by Crippen LogP contribution is 2.19. The fourth-order valence-corrected chi connectivity index (χ4v) is 1.30. The molecular formula is C12H13F2NO3. The number of carboxylic acid groups (broad SMARTS) is 1. The first-order valence-electron chi connectivity index (χ1n) is 5.40. The van der Waals surface area contributed by atoms with E-state index in [1.165, 1.54) is 0 Å². The van der Waals surface area contributed by atoms with Gasteiger partial charge in [0.25, 0.3) is 0 Å². The number of hydrogen-bond donors (Lipinski definition) is 2. The molecule has 2 N–H and O–H groups in total. The third-order valence-corrected chi connectivity index (χ3v) is 2.58. The van der Waals surface area contributed by atoms with Crippen LogP contribution in [0.25, 0.3) is 0 Å². The maximum absolute atomic E-state index is 13.3. The Morgan fingerprint density at radius 3 is 2.22 bits per heavy atom. The molecule has 0 radical (unpaired) electrons. The molecule has 0 spiro atoms. The lowest BCUT2D eigenvalue weighted by Gasteiger charge is -2.11. The summed E-state index contributed by atoms with van der Waals surface area (Å²) in [5, 5.41) is 10.9. The average Bonchev–Trinajstić information content (AvgIpc) is 2.26. The second kappa shape index (κ2) is 5.57. The van der Waals surface area contributed by atoms with Crippen LogP contribution in [0.15, 0.2) is 12.1 Å². The molecule has 0 saturated heterocycles. The van der Waals surface area contributed by atoms with E-state index in [0.717, 1.165) is 12.1 Å². The number of benzene rings is 1. The fraction of sp³-hybridized carbons (Fsp3) is 0.333. The lowest BCUT2D eigenvalue weighted by molar-refractivity contribution is -0.119. The summed E-state index contributed by atoms with van der Waals surface area (Å²) in [7, 11) is 0. The van der Waals surface area contributed by atoms with Crippen LogP contribution in [0.2, 0.25) is 0 Å². The molecule has 1 rings (SSSR count). The summed E-state index contributed by atoms with van der Waals surface area (Å²) in [6.07, 6.45) is 0.587. The Balaban J connectivity index is 3.00. The SMILES string of the molecule is CCC(C)C(=O)Nc1cc(F)c(C(=O)O)c(F)c1. The van der Waals surface area contributed by atoms with E-state index in [9.17, 15) is 18.4 Å². The Hall–Kier alpha value is -1.98. The molecule has 0 heterocycles. The predicted molar refractivity (Wildman–Crippen MR) is 61.4 cm³/mol. The summed E-state index contributed by atoms with van der Waals surface area (Å²) in [6, 6.07) is 1.57. The highest BCUT2D eigenvalue weighted by molar-refractivity contribution is 5.93. The summed E-state index contributed by atoms with van der Waals surface area (Å²) in [5.41, 5.74) is -1.13. The lowest BCUT2D eigenvalue weighted by Crippen LogP contribution is -2.20. The maximum atomic E-state index is 13.3. The van der Waals surface area contributed by atoms with Crippen LogP contribution in [-0.4, -0.2) is 17.0 Å². The third kappa shape index (κ3) is 3.03. The zero-order valence-corrected chi connectivity index (χ0v) is 9.96. The van der Waals surface area contributed by atoms with E-state index in [4.69, 9.17) is 5.11 Å². The number of carbonyl (C=O) groups is 2. The molecule has 0 saturated carbocycles. The van der Waals surface area contributed by atoms with Gasteiger partial charge in [-0.15, -0.1) is 0 Å². The van der Waals surface area contributed by atoms with Crippen LogP contribution in [0.4, 0.5) is 14.5 Å². The zero-order chi connectivity index (χ0) is 13.9. The largest absolute Gasteiger partial charge is 0.477 e. The van der Waals surface area contributed by atoms with Crippen molar-refractivity contribution in [3.63, 3.8) is 0 Å². The smallest absolute Gasteiger partial charge is 0.341 e. The molecule has 1 aromatic rings. The van der Waals surface area contributed by atoms with Crippen LogP contribution >= 0.6 is 0 Å². The minimum atomic E-state index is -1.69. The molecule has 4 nitrogen and oxygen atoms in total. The number of aromatic carboxylic acids is 1. The number of carboxylic acids is 1. The van der Waals surface area contributed by atoms with Crippen molar-refractivity contribution >= 4 is 17.6 Å². The molecule has 0 bridgehead atoms. The molecule has 0 aromatic heterocycles. The van der Waals surface area contributed by atoms with E-state index < -0.39 is 23.2 Å². The van der Waals surface area contributed by atoms with Gasteiger partial charge in [-0.05, 0) is 18.6 Å². The van der Waals surface area contributed by atoms with Gasteiger partial charge in [0.05, 0.1) is 0 Å². The Morgan fingerprint density at radius 1 is 1.33 bits per heavy atom. The predicted octanol–water partition coefficient (Wildman–Crippen LogP) is 2.65. The van der Waals surface area contributed by atoms with E-state index in [1.54, 1.807) is 13.8 Å². The van der Waals surface area contributed by atoms with Crippen molar-refractivity contribution in [2.45, 2.75) is 20.3 Å². The second-order valence-electron chi connectivity index (χ2n) is 3.92. The number of anilines is 1. The molecule has 0 aliphatic heterocycles. The quantitative estimate of drug-likeness (QED) is 0.871. The van der Waals surface area contributed by atoms with Crippen molar-refractivity contribution in [1.82, 2.24) is 0 Å². The van der Waals surface area contributed by atoms with Crippen molar-refractivity contribution in [3.8, 4) is 0 Å². The average molecular weight is 257 g/mol. The first-order chi connectivity index (χ1) is 8.36. The standard InChI is InChI=1S/C12H13F2NO3/c1-3-6(2)11(16)15-7-4-8(13)10(12(17)18)9(14)5-7/h4-6H,3H2,1-2H3,(H,15,16)(H,17,18). The fourth-order valence-electron chi connectivity index (χ4n) is 1.30. The van der Waals surface area contributed by atoms with Gasteiger partial charge in [-0.3, -0.25) is 4.79 Å². The van der Waals surface area contributed by atoms with Crippen LogP contribution in [0, 0.1) is 17.6 Å². The Labute approximate surface area is 103 Å². The monoisotopic (exact) mass is 257 g/mol. The summed E-state index contributed by atoms with van der Waals surface area (Å²) >= 11 is 0. The van der Waals surface area contributed by atoms with E-state index in [-0.39, 0.29) is 17.5 Å². The van der Waals surface area contributed by atoms with Gasteiger partial charge >= 0.3 is 5.97 Å². The van der Waals surface area contributed by atoms with Crippen molar-refractivity contribution < 1.29 is 23.5 Å². The first-order valence-corrected chi connectivity index (χ1v) is 5.40. The molecule has 1 unspecified atom stereocenters. The molecule has 0 fully saturated rings. The van der Waals surface area contributed by atoms with Crippen LogP contribution in [0.3, 0.4) is 0 Å². The Morgan fingerprint density at radius 2 is 1.83 bits per heavy atom. The van der Waals surface area contributed by atoms with Gasteiger partial charge in [0.15, 0.2) is 0 Å². The number of hydrogen-bond acceptors (Lipinski definition) is 2. The minimum absolute atomic E-state index is 0.0969. The number of rotatable bonds is 4. The van der Waals surface area contributed by atoms with Gasteiger partial charge in [-0.1, -0.05) is 13.8 Å². The Kier molecular flexibility index (Phi) is 4.36. The van der Waals surface area contributed by atoms with Crippen molar-refractivity contribution in [3.05, 3.63) is 29.3 Å². The van der Waals surface area contributed by atoms with Crippen molar-refractivity contribution in [2.24, 2.45) is 5.92 Å². The van der Waals surface area contributed by atoms with Gasteiger partial charge in [0.1, 0.15) is 17.2 Å². The molecule has 18 heavy (non-hydrogen) atoms. The van der Waals surface area contributed by atoms with Gasteiger partial charge in [0, 0.05) is 11.6 Å². The molecule has 6 heteroatoms. The minimum Gasteiger partial charge on any atom is -0.477 e. The number of amides is 1. The second-order valence-corrected chi connectivity index (χ2v) is 3.92. The molecule has 1 amide bonds. The van der Waals surface area contributed by atoms with Crippen molar-refractivity contribution in [2.75, 3.05) is 5.32 Å². The van der Waals surface area contributed by atoms with Gasteiger partial charge in [0.2, 0.25) is 5.91 Å². The van der Waals surface area contributed by atoms with Crippen LogP contribution in [0.1, 0.15) is 30.6 Å². The third-order valence-electron chi connectivity index (χ3n) is 2.58. The Bertz CT molecular complexity index is 465. The van der Waals surface area contributed by atoms with Gasteiger partial charge < -0.3 is 10.4 Å². The normalized spacial score (nSPS) is 12.0.